The zero-order valence-corrected chi connectivity index (χ0v) is 41.2. The van der Waals surface area contributed by atoms with Gasteiger partial charge in [0.05, 0.1) is 33.2 Å². The number of carbonyl (C=O) groups excluding carboxylic acids is 3. The summed E-state index contributed by atoms with van der Waals surface area (Å²) >= 11 is 0. The maximum absolute atomic E-state index is 13.7. The van der Waals surface area contributed by atoms with Crippen molar-refractivity contribution in [1.29, 1.82) is 5.26 Å². The molecule has 0 aliphatic heterocycles. The predicted octanol–water partition coefficient (Wildman–Crippen LogP) is 7.94. The summed E-state index contributed by atoms with van der Waals surface area (Å²) in [5.74, 6) is -1.97. The number of rotatable bonds is 15. The molecule has 3 aromatic rings. The highest BCUT2D eigenvalue weighted by Gasteiger charge is 2.22. The van der Waals surface area contributed by atoms with Gasteiger partial charge in [-0.2, -0.15) is 5.26 Å². The van der Waals surface area contributed by atoms with Crippen LogP contribution in [0.3, 0.4) is 0 Å². The monoisotopic (exact) mass is 867 g/mol. The average Bonchev–Trinajstić information content (AvgIpc) is 3.23. The first-order chi connectivity index (χ1) is 29.9. The average molecular weight is 867 g/mol. The van der Waals surface area contributed by atoms with Crippen molar-refractivity contribution >= 4 is 53.0 Å². The van der Waals surface area contributed by atoms with E-state index in [1.165, 1.54) is 4.90 Å². The van der Waals surface area contributed by atoms with E-state index in [0.29, 0.717) is 0 Å². The minimum atomic E-state index is -0.657. The van der Waals surface area contributed by atoms with Gasteiger partial charge in [-0.25, -0.2) is 9.69 Å². The molecule has 3 rings (SSSR count). The summed E-state index contributed by atoms with van der Waals surface area (Å²) in [6.07, 6.45) is 4.77. The molecule has 3 aromatic carbocycles. The number of hydrogen-bond acceptors (Lipinski definition) is 8. The number of carbonyl (C=O) groups is 3. The fourth-order valence-electron chi connectivity index (χ4n) is 8.49. The van der Waals surface area contributed by atoms with Gasteiger partial charge in [-0.1, -0.05) is 0 Å². The molecule has 13 heteroatoms. The molecular formula is C51H66N10O3. The molecule has 0 saturated heterocycles. The van der Waals surface area contributed by atoms with E-state index < -0.39 is 17.7 Å². The number of nitrogens with one attached hydrogen (secondary N) is 3. The van der Waals surface area contributed by atoms with Gasteiger partial charge in [0.1, 0.15) is 11.6 Å². The Bertz CT molecular complexity index is 2230. The summed E-state index contributed by atoms with van der Waals surface area (Å²) in [6, 6.07) is 2.04. The summed E-state index contributed by atoms with van der Waals surface area (Å²) in [5.41, 5.74) is 17.1. The number of anilines is 3. The molecule has 0 aliphatic rings. The largest absolute Gasteiger partial charge is 0.377 e. The van der Waals surface area contributed by atoms with Crippen molar-refractivity contribution in [3.8, 4) is 6.07 Å². The van der Waals surface area contributed by atoms with Crippen molar-refractivity contribution in [2.24, 2.45) is 0 Å². The van der Waals surface area contributed by atoms with E-state index in [0.717, 1.165) is 101 Å². The van der Waals surface area contributed by atoms with Gasteiger partial charge in [-0.3, -0.25) is 19.3 Å². The molecule has 13 nitrogen and oxygen atoms in total. The van der Waals surface area contributed by atoms with E-state index in [-0.39, 0.29) is 37.0 Å². The van der Waals surface area contributed by atoms with Gasteiger partial charge < -0.3 is 30.7 Å². The van der Waals surface area contributed by atoms with Crippen molar-refractivity contribution in [2.75, 3.05) is 77.0 Å². The summed E-state index contributed by atoms with van der Waals surface area (Å²) in [7, 11) is 11.9. The van der Waals surface area contributed by atoms with E-state index in [9.17, 15) is 19.6 Å². The fourth-order valence-corrected chi connectivity index (χ4v) is 8.49. The molecule has 3 N–H and O–H groups in total. The lowest BCUT2D eigenvalue weighted by Crippen LogP contribution is -2.49. The van der Waals surface area contributed by atoms with Gasteiger partial charge >= 0.3 is 0 Å². The van der Waals surface area contributed by atoms with Crippen LogP contribution < -0.4 is 30.7 Å². The third-order valence-corrected chi connectivity index (χ3v) is 12.6. The second-order valence-electron chi connectivity index (χ2n) is 17.1. The minimum absolute atomic E-state index is 0.125. The third-order valence-electron chi connectivity index (χ3n) is 12.6. The highest BCUT2D eigenvalue weighted by molar-refractivity contribution is 6.03. The molecule has 0 radical (unpaired) electrons. The van der Waals surface area contributed by atoms with Gasteiger partial charge in [0.2, 0.25) is 0 Å². The molecule has 0 heterocycles. The summed E-state index contributed by atoms with van der Waals surface area (Å²) < 4.78 is 0. The normalized spacial score (nSPS) is 11.7. The molecule has 0 spiro atoms. The van der Waals surface area contributed by atoms with Crippen LogP contribution in [0.5, 0.6) is 0 Å². The second kappa shape index (κ2) is 21.5. The molecule has 0 aromatic heterocycles. The molecule has 0 aliphatic carbocycles. The van der Waals surface area contributed by atoms with E-state index in [2.05, 4.69) is 40.3 Å². The molecule has 0 bridgehead atoms. The zero-order valence-electron chi connectivity index (χ0n) is 41.2. The number of hydrogen-bond donors (Lipinski definition) is 3. The van der Waals surface area contributed by atoms with Crippen LogP contribution >= 0.6 is 0 Å². The van der Waals surface area contributed by atoms with Gasteiger partial charge in [0, 0.05) is 59.3 Å². The maximum atomic E-state index is 13.7. The Hall–Kier alpha value is -6.88. The van der Waals surface area contributed by atoms with E-state index >= 15 is 0 Å². The first kappa shape index (κ1) is 51.5. The van der Waals surface area contributed by atoms with E-state index in [4.69, 9.17) is 13.1 Å². The predicted molar refractivity (Wildman–Crippen MR) is 263 cm³/mol. The van der Waals surface area contributed by atoms with Crippen LogP contribution in [0.1, 0.15) is 83.5 Å². The Morgan fingerprint density at radius 3 is 0.953 bits per heavy atom. The lowest BCUT2D eigenvalue weighted by atomic mass is 9.90. The van der Waals surface area contributed by atoms with Crippen LogP contribution in [0.25, 0.3) is 27.9 Å². The van der Waals surface area contributed by atoms with Crippen LogP contribution in [0.4, 0.5) is 17.1 Å². The number of benzene rings is 3. The molecule has 0 atom stereocenters. The highest BCUT2D eigenvalue weighted by Crippen LogP contribution is 2.36. The zero-order chi connectivity index (χ0) is 48.7. The van der Waals surface area contributed by atoms with Crippen molar-refractivity contribution in [3.63, 3.8) is 0 Å². The first-order valence-electron chi connectivity index (χ1n) is 21.1. The van der Waals surface area contributed by atoms with Crippen LogP contribution in [0, 0.1) is 108 Å². The van der Waals surface area contributed by atoms with Crippen molar-refractivity contribution in [2.45, 2.75) is 83.1 Å². The van der Waals surface area contributed by atoms with Crippen LogP contribution in [-0.4, -0.2) is 84.9 Å². The Labute approximate surface area is 381 Å². The van der Waals surface area contributed by atoms with Crippen LogP contribution in [-0.2, 0) is 14.4 Å². The van der Waals surface area contributed by atoms with Crippen LogP contribution in [0.2, 0.25) is 0 Å². The number of amides is 3. The Morgan fingerprint density at radius 1 is 0.469 bits per heavy atom. The number of nitrogens with zero attached hydrogens (tertiary/aromatic N) is 7. The topological polar surface area (TPSA) is 133 Å². The molecule has 0 saturated carbocycles. The smallest absolute Gasteiger partial charge is 0.262 e. The maximum Gasteiger partial charge on any atom is 0.262 e. The van der Waals surface area contributed by atoms with Crippen molar-refractivity contribution in [3.05, 3.63) is 123 Å². The van der Waals surface area contributed by atoms with Gasteiger partial charge in [-0.15, -0.1) is 0 Å². The SMILES string of the molecule is [C-]#[N+]/C(=C\c1c(C)c(C)c(N(C)C)c(C)c1C)C(=O)NCN(CNC(=O)/C(C#N)=C/c1c(C)c(C)c(N(C)C)c(C)c1C)CNC(=O)/C(=C\c1c(C)c(C)c(N(C)C)c(C)c1C)[N+]#[C-]. The molecular weight excluding hydrogens is 801 g/mol. The number of nitriles is 1. The minimum Gasteiger partial charge on any atom is -0.377 e. The molecule has 0 fully saturated rings. The lowest BCUT2D eigenvalue weighted by Gasteiger charge is -2.25. The molecule has 3 amide bonds. The highest BCUT2D eigenvalue weighted by atomic mass is 16.2. The lowest BCUT2D eigenvalue weighted by molar-refractivity contribution is -0.118. The Balaban J connectivity index is 2.02. The Kier molecular flexibility index (Phi) is 17.3. The molecule has 64 heavy (non-hydrogen) atoms. The standard InChI is InChI=1S/C51H66N10O3/c1-28-34(7)46(58(15)16)35(8)29(2)41(28)21-40(24-52)49(62)55-25-61(26-56-50(63)44(53-13)22-42-30(3)36(9)47(59(17)18)37(10)31(42)4)27-57-51(64)45(54-14)23-43-32(5)38(11)48(60(19)20)39(12)33(43)6/h21-23H,25-27H2,1-12,15-20H3,(H,55,62)(H,56,63)(H,57,64)/b40-21+,44-22-,45-23+. The quantitative estimate of drug-likeness (QED) is 0.0608. The van der Waals surface area contributed by atoms with Gasteiger partial charge in [0.25, 0.3) is 29.1 Å². The van der Waals surface area contributed by atoms with Crippen LogP contribution in [0.15, 0.2) is 17.0 Å². The second-order valence-corrected chi connectivity index (χ2v) is 17.1. The van der Waals surface area contributed by atoms with E-state index in [1.807, 2.05) is 131 Å². The first-order valence-corrected chi connectivity index (χ1v) is 21.1. The van der Waals surface area contributed by atoms with Crippen molar-refractivity contribution in [1.82, 2.24) is 20.9 Å². The van der Waals surface area contributed by atoms with E-state index in [1.54, 1.807) is 18.2 Å². The van der Waals surface area contributed by atoms with Gasteiger partial charge in [0.15, 0.2) is 0 Å². The van der Waals surface area contributed by atoms with Gasteiger partial charge in [-0.05, 0) is 185 Å². The summed E-state index contributed by atoms with van der Waals surface area (Å²) in [6.45, 7) is 39.1. The van der Waals surface area contributed by atoms with Crippen molar-refractivity contribution < 1.29 is 14.4 Å². The molecule has 0 unspecified atom stereocenters. The Morgan fingerprint density at radius 2 is 0.719 bits per heavy atom. The molecule has 338 valence electrons. The summed E-state index contributed by atoms with van der Waals surface area (Å²) in [4.78, 5) is 55.9. The third kappa shape index (κ3) is 10.8. The fraction of sp³-hybridized carbons (Fsp3) is 0.412. The summed E-state index contributed by atoms with van der Waals surface area (Å²) in [5, 5.41) is 18.5.